The van der Waals surface area contributed by atoms with E-state index in [4.69, 9.17) is 5.11 Å². The summed E-state index contributed by atoms with van der Waals surface area (Å²) in [7, 11) is 0. The molecule has 0 bridgehead atoms. The number of allylic oxidation sites excluding steroid dienone is 11. The Morgan fingerprint density at radius 3 is 1.64 bits per heavy atom. The first-order chi connectivity index (χ1) is 10.1. The first-order valence-corrected chi connectivity index (χ1v) is 5.98. The van der Waals surface area contributed by atoms with Crippen molar-refractivity contribution in [1.29, 1.82) is 0 Å². The second-order valence-electron chi connectivity index (χ2n) is 4.27. The second kappa shape index (κ2) is 8.52. The van der Waals surface area contributed by atoms with Gasteiger partial charge in [0.25, 0.3) is 0 Å². The SMILES string of the molecule is C=C(O)/C=C(/F)C(=C)C(=C)/C=C\C(=C)C(=C)/C=C(/F)C(=C)F. The average Bonchev–Trinajstić information content (AvgIpc) is 2.42. The first kappa shape index (κ1) is 19.2. The summed E-state index contributed by atoms with van der Waals surface area (Å²) in [4.78, 5) is 0. The first-order valence-electron chi connectivity index (χ1n) is 5.98. The minimum atomic E-state index is -1.22. The largest absolute Gasteiger partial charge is 0.508 e. The van der Waals surface area contributed by atoms with E-state index in [2.05, 4.69) is 39.5 Å². The molecule has 0 aromatic carbocycles. The summed E-state index contributed by atoms with van der Waals surface area (Å²) in [6.07, 6.45) is 4.39. The molecule has 1 nitrogen and oxygen atoms in total. The van der Waals surface area contributed by atoms with Crippen molar-refractivity contribution in [3.8, 4) is 0 Å². The molecular weight excluding hydrogens is 289 g/mol. The number of aliphatic hydroxyl groups excluding tert-OH is 1. The van der Waals surface area contributed by atoms with Gasteiger partial charge in [0.1, 0.15) is 11.6 Å². The van der Waals surface area contributed by atoms with Crippen molar-refractivity contribution in [2.24, 2.45) is 0 Å². The van der Waals surface area contributed by atoms with E-state index in [0.29, 0.717) is 0 Å². The highest BCUT2D eigenvalue weighted by molar-refractivity contribution is 5.51. The molecule has 0 saturated carbocycles. The van der Waals surface area contributed by atoms with Crippen molar-refractivity contribution in [1.82, 2.24) is 0 Å². The molecule has 0 unspecified atom stereocenters. The zero-order chi connectivity index (χ0) is 17.4. The van der Waals surface area contributed by atoms with E-state index in [9.17, 15) is 13.2 Å². The van der Waals surface area contributed by atoms with Gasteiger partial charge in [0, 0.05) is 11.6 Å². The van der Waals surface area contributed by atoms with Crippen molar-refractivity contribution in [2.45, 2.75) is 0 Å². The topological polar surface area (TPSA) is 20.2 Å². The normalized spacial score (nSPS) is 12.1. The molecule has 0 fully saturated rings. The predicted octanol–water partition coefficient (Wildman–Crippen LogP) is 6.03. The molecular formula is C18H17F3O. The number of hydrogen-bond acceptors (Lipinski definition) is 1. The summed E-state index contributed by atoms with van der Waals surface area (Å²) < 4.78 is 39.1. The van der Waals surface area contributed by atoms with Crippen LogP contribution in [0.25, 0.3) is 0 Å². The Kier molecular flexibility index (Phi) is 7.45. The molecule has 0 amide bonds. The maximum absolute atomic E-state index is 13.5. The number of rotatable bonds is 8. The number of aliphatic hydroxyl groups is 1. The third-order valence-corrected chi connectivity index (χ3v) is 2.43. The van der Waals surface area contributed by atoms with Gasteiger partial charge < -0.3 is 5.11 Å². The van der Waals surface area contributed by atoms with Gasteiger partial charge >= 0.3 is 0 Å². The highest BCUT2D eigenvalue weighted by atomic mass is 19.2. The highest BCUT2D eigenvalue weighted by Gasteiger charge is 2.05. The van der Waals surface area contributed by atoms with Crippen LogP contribution in [0.1, 0.15) is 0 Å². The fourth-order valence-corrected chi connectivity index (χ4v) is 1.12. The molecule has 0 aliphatic rings. The number of halogens is 3. The molecule has 0 atom stereocenters. The molecule has 0 rings (SSSR count). The van der Waals surface area contributed by atoms with E-state index < -0.39 is 23.2 Å². The lowest BCUT2D eigenvalue weighted by molar-refractivity contribution is 0.431. The Morgan fingerprint density at radius 2 is 1.18 bits per heavy atom. The van der Waals surface area contributed by atoms with Crippen LogP contribution in [0.2, 0.25) is 0 Å². The van der Waals surface area contributed by atoms with Crippen molar-refractivity contribution in [2.75, 3.05) is 0 Å². The molecule has 0 aromatic heterocycles. The van der Waals surface area contributed by atoms with Crippen LogP contribution in [0.5, 0.6) is 0 Å². The van der Waals surface area contributed by atoms with Gasteiger partial charge in [-0.15, -0.1) is 0 Å². The number of hydrogen-bond donors (Lipinski definition) is 1. The van der Waals surface area contributed by atoms with Crippen LogP contribution in [-0.2, 0) is 0 Å². The van der Waals surface area contributed by atoms with Crippen LogP contribution in [0, 0.1) is 0 Å². The molecule has 0 aliphatic carbocycles. The van der Waals surface area contributed by atoms with Crippen LogP contribution in [-0.4, -0.2) is 5.11 Å². The van der Waals surface area contributed by atoms with E-state index >= 15 is 0 Å². The zero-order valence-corrected chi connectivity index (χ0v) is 12.1. The van der Waals surface area contributed by atoms with Gasteiger partial charge in [0.2, 0.25) is 0 Å². The summed E-state index contributed by atoms with van der Waals surface area (Å²) in [5.74, 6) is -3.63. The summed E-state index contributed by atoms with van der Waals surface area (Å²) in [6, 6.07) is 0. The minimum absolute atomic E-state index is 0.0660. The Balaban J connectivity index is 4.96. The molecule has 0 radical (unpaired) electrons. The predicted molar refractivity (Wildman–Crippen MR) is 86.1 cm³/mol. The van der Waals surface area contributed by atoms with Crippen molar-refractivity contribution >= 4 is 0 Å². The van der Waals surface area contributed by atoms with E-state index in [-0.39, 0.29) is 22.3 Å². The van der Waals surface area contributed by atoms with Gasteiger partial charge in [-0.05, 0) is 22.8 Å². The lowest BCUT2D eigenvalue weighted by Gasteiger charge is -2.04. The minimum Gasteiger partial charge on any atom is -0.508 e. The van der Waals surface area contributed by atoms with Crippen LogP contribution < -0.4 is 0 Å². The van der Waals surface area contributed by atoms with E-state index in [1.807, 2.05) is 0 Å². The standard InChI is InChI=1S/C18H17F3O/c1-11(13(3)9-18(21)16(6)19)7-8-12(2)15(5)17(20)10-14(4)22/h7-10,22H,1-6H2/b8-7-,17-10+,18-9+. The molecule has 22 heavy (non-hydrogen) atoms. The highest BCUT2D eigenvalue weighted by Crippen LogP contribution is 2.21. The van der Waals surface area contributed by atoms with Gasteiger partial charge in [-0.1, -0.05) is 51.6 Å². The van der Waals surface area contributed by atoms with Crippen molar-refractivity contribution in [3.05, 3.63) is 109 Å². The van der Waals surface area contributed by atoms with Gasteiger partial charge in [-0.25, -0.2) is 13.2 Å². The summed E-state index contributed by atoms with van der Waals surface area (Å²) in [5, 5.41) is 8.87. The lowest BCUT2D eigenvalue weighted by Crippen LogP contribution is -1.87. The fraction of sp³-hybridized carbons (Fsp3) is 0. The quantitative estimate of drug-likeness (QED) is 0.429. The van der Waals surface area contributed by atoms with Gasteiger partial charge in [0.15, 0.2) is 11.7 Å². The third-order valence-electron chi connectivity index (χ3n) is 2.43. The van der Waals surface area contributed by atoms with Gasteiger partial charge in [-0.2, -0.15) is 0 Å². The molecule has 1 N–H and O–H groups in total. The van der Waals surface area contributed by atoms with Crippen LogP contribution in [0.4, 0.5) is 13.2 Å². The summed E-state index contributed by atoms with van der Waals surface area (Å²) in [5.41, 5.74) is 0.513. The van der Waals surface area contributed by atoms with E-state index in [1.165, 1.54) is 12.2 Å². The maximum Gasteiger partial charge on any atom is 0.158 e. The Morgan fingerprint density at radius 1 is 0.682 bits per heavy atom. The molecule has 0 aliphatic heterocycles. The Labute approximate surface area is 128 Å². The monoisotopic (exact) mass is 306 g/mol. The Bertz CT molecular complexity index is 643. The second-order valence-corrected chi connectivity index (χ2v) is 4.27. The van der Waals surface area contributed by atoms with Crippen molar-refractivity contribution in [3.63, 3.8) is 0 Å². The van der Waals surface area contributed by atoms with Crippen molar-refractivity contribution < 1.29 is 18.3 Å². The summed E-state index contributed by atoms with van der Waals surface area (Å²) >= 11 is 0. The van der Waals surface area contributed by atoms with Crippen LogP contribution >= 0.6 is 0 Å². The van der Waals surface area contributed by atoms with E-state index in [1.54, 1.807) is 0 Å². The Hall–Kier alpha value is -2.75. The molecule has 0 aromatic rings. The fourth-order valence-electron chi connectivity index (χ4n) is 1.12. The smallest absolute Gasteiger partial charge is 0.158 e. The zero-order valence-electron chi connectivity index (χ0n) is 12.1. The molecule has 0 spiro atoms. The molecule has 116 valence electrons. The van der Waals surface area contributed by atoms with E-state index in [0.717, 1.165) is 12.2 Å². The van der Waals surface area contributed by atoms with Crippen LogP contribution in [0.15, 0.2) is 109 Å². The lowest BCUT2D eigenvalue weighted by atomic mass is 10.0. The molecule has 4 heteroatoms. The van der Waals surface area contributed by atoms with Gasteiger partial charge in [0.05, 0.1) is 0 Å². The van der Waals surface area contributed by atoms with Crippen LogP contribution in [0.3, 0.4) is 0 Å². The average molecular weight is 306 g/mol. The van der Waals surface area contributed by atoms with Gasteiger partial charge in [-0.3, -0.25) is 0 Å². The molecule has 0 saturated heterocycles. The molecule has 0 heterocycles. The third kappa shape index (κ3) is 6.61. The summed E-state index contributed by atoms with van der Waals surface area (Å²) in [6.45, 7) is 20.1. The maximum atomic E-state index is 13.5.